The lowest BCUT2D eigenvalue weighted by atomic mass is 10.0. The Balaban J connectivity index is 2.06. The molecular weight excluding hydrogens is 242 g/mol. The van der Waals surface area contributed by atoms with E-state index in [0.29, 0.717) is 19.3 Å². The number of hydrogen-bond donors (Lipinski definition) is 3. The molecule has 1 aromatic rings. The van der Waals surface area contributed by atoms with Crippen LogP contribution in [0.25, 0.3) is 0 Å². The third-order valence-corrected chi connectivity index (χ3v) is 3.20. The minimum Gasteiger partial charge on any atom is -0.326 e. The van der Waals surface area contributed by atoms with E-state index in [1.54, 1.807) is 6.07 Å². The number of rotatable bonds is 4. The van der Waals surface area contributed by atoms with Crippen molar-refractivity contribution in [3.8, 4) is 0 Å². The second-order valence-corrected chi connectivity index (χ2v) is 4.80. The highest BCUT2D eigenvalue weighted by molar-refractivity contribution is 5.97. The van der Waals surface area contributed by atoms with Gasteiger partial charge >= 0.3 is 0 Å². The number of aryl methyl sites for hydroxylation is 1. The molecule has 4 N–H and O–H groups in total. The molecule has 102 valence electrons. The first kappa shape index (κ1) is 13.5. The molecule has 0 aromatic heterocycles. The van der Waals surface area contributed by atoms with E-state index in [9.17, 15) is 9.59 Å². The predicted molar refractivity (Wildman–Crippen MR) is 74.9 cm³/mol. The van der Waals surface area contributed by atoms with E-state index in [4.69, 9.17) is 5.73 Å². The first-order valence-electron chi connectivity index (χ1n) is 6.59. The average molecular weight is 261 g/mol. The number of anilines is 2. The largest absolute Gasteiger partial charge is 0.326 e. The van der Waals surface area contributed by atoms with Crippen molar-refractivity contribution in [2.24, 2.45) is 5.73 Å². The van der Waals surface area contributed by atoms with Gasteiger partial charge in [-0.1, -0.05) is 13.3 Å². The van der Waals surface area contributed by atoms with Crippen LogP contribution < -0.4 is 16.4 Å². The molecule has 0 saturated heterocycles. The standard InChI is InChI=1S/C14H19N3O2/c1-2-3-11(15)14(19)16-10-5-6-12-9(8-10)4-7-13(18)17-12/h5-6,8,11H,2-4,7,15H2,1H3,(H,16,19)(H,17,18)/t11-/m1/s1. The lowest BCUT2D eigenvalue weighted by Crippen LogP contribution is -2.35. The highest BCUT2D eigenvalue weighted by Crippen LogP contribution is 2.25. The number of nitrogens with one attached hydrogen (secondary N) is 2. The van der Waals surface area contributed by atoms with Crippen molar-refractivity contribution >= 4 is 23.2 Å². The van der Waals surface area contributed by atoms with Gasteiger partial charge in [-0.25, -0.2) is 0 Å². The Morgan fingerprint density at radius 1 is 1.47 bits per heavy atom. The zero-order valence-corrected chi connectivity index (χ0v) is 11.0. The van der Waals surface area contributed by atoms with Crippen LogP contribution in [0, 0.1) is 0 Å². The summed E-state index contributed by atoms with van der Waals surface area (Å²) in [6.45, 7) is 1.99. The first-order valence-corrected chi connectivity index (χ1v) is 6.59. The van der Waals surface area contributed by atoms with Crippen LogP contribution in [-0.2, 0) is 16.0 Å². The van der Waals surface area contributed by atoms with Crippen LogP contribution in [0.5, 0.6) is 0 Å². The number of benzene rings is 1. The minimum absolute atomic E-state index is 0.0363. The molecule has 0 bridgehead atoms. The minimum atomic E-state index is -0.472. The van der Waals surface area contributed by atoms with Crippen LogP contribution in [0.1, 0.15) is 31.7 Å². The molecule has 5 heteroatoms. The number of nitrogens with two attached hydrogens (primary N) is 1. The van der Waals surface area contributed by atoms with Gasteiger partial charge in [0.15, 0.2) is 0 Å². The molecule has 2 rings (SSSR count). The molecule has 1 aliphatic heterocycles. The van der Waals surface area contributed by atoms with Gasteiger partial charge in [-0.3, -0.25) is 9.59 Å². The Hall–Kier alpha value is -1.88. The highest BCUT2D eigenvalue weighted by atomic mass is 16.2. The number of carbonyl (C=O) groups is 2. The van der Waals surface area contributed by atoms with Crippen LogP contribution >= 0.6 is 0 Å². The number of hydrogen-bond acceptors (Lipinski definition) is 3. The first-order chi connectivity index (χ1) is 9.10. The number of amides is 2. The van der Waals surface area contributed by atoms with Gasteiger partial charge in [0.25, 0.3) is 0 Å². The second-order valence-electron chi connectivity index (χ2n) is 4.80. The Morgan fingerprint density at radius 3 is 3.00 bits per heavy atom. The maximum Gasteiger partial charge on any atom is 0.241 e. The van der Waals surface area contributed by atoms with Crippen LogP contribution in [0.15, 0.2) is 18.2 Å². The summed E-state index contributed by atoms with van der Waals surface area (Å²) in [5.74, 6) is -0.129. The zero-order chi connectivity index (χ0) is 13.8. The number of fused-ring (bicyclic) bond motifs is 1. The lowest BCUT2D eigenvalue weighted by molar-refractivity contribution is -0.118. The molecule has 0 radical (unpaired) electrons. The predicted octanol–water partition coefficient (Wildman–Crippen LogP) is 1.64. The normalized spacial score (nSPS) is 15.4. The smallest absolute Gasteiger partial charge is 0.241 e. The molecule has 1 heterocycles. The Bertz CT molecular complexity index is 499. The summed E-state index contributed by atoms with van der Waals surface area (Å²) >= 11 is 0. The van der Waals surface area contributed by atoms with Gasteiger partial charge in [0.1, 0.15) is 0 Å². The molecule has 1 atom stereocenters. The molecule has 0 aliphatic carbocycles. The average Bonchev–Trinajstić information content (AvgIpc) is 2.39. The van der Waals surface area contributed by atoms with Crippen molar-refractivity contribution < 1.29 is 9.59 Å². The molecule has 19 heavy (non-hydrogen) atoms. The molecule has 2 amide bonds. The van der Waals surface area contributed by atoms with E-state index >= 15 is 0 Å². The van der Waals surface area contributed by atoms with Gasteiger partial charge in [-0.2, -0.15) is 0 Å². The third-order valence-electron chi connectivity index (χ3n) is 3.20. The zero-order valence-electron chi connectivity index (χ0n) is 11.0. The summed E-state index contributed by atoms with van der Waals surface area (Å²) < 4.78 is 0. The summed E-state index contributed by atoms with van der Waals surface area (Å²) in [6, 6.07) is 5.01. The summed E-state index contributed by atoms with van der Waals surface area (Å²) in [6.07, 6.45) is 2.74. The molecule has 0 spiro atoms. The van der Waals surface area contributed by atoms with E-state index in [2.05, 4.69) is 10.6 Å². The van der Waals surface area contributed by atoms with Crippen molar-refractivity contribution in [3.63, 3.8) is 0 Å². The van der Waals surface area contributed by atoms with Crippen molar-refractivity contribution in [2.45, 2.75) is 38.6 Å². The van der Waals surface area contributed by atoms with Crippen molar-refractivity contribution in [3.05, 3.63) is 23.8 Å². The van der Waals surface area contributed by atoms with Gasteiger partial charge in [-0.15, -0.1) is 0 Å². The van der Waals surface area contributed by atoms with Gasteiger partial charge in [-0.05, 0) is 36.6 Å². The molecule has 1 aromatic carbocycles. The monoisotopic (exact) mass is 261 g/mol. The molecule has 5 nitrogen and oxygen atoms in total. The summed E-state index contributed by atoms with van der Waals surface area (Å²) in [4.78, 5) is 23.1. The summed E-state index contributed by atoms with van der Waals surface area (Å²) in [5.41, 5.74) is 8.36. The fourth-order valence-corrected chi connectivity index (χ4v) is 2.14. The molecule has 0 fully saturated rings. The number of carbonyl (C=O) groups excluding carboxylic acids is 2. The molecular formula is C14H19N3O2. The summed E-state index contributed by atoms with van der Waals surface area (Å²) in [7, 11) is 0. The van der Waals surface area contributed by atoms with E-state index in [1.807, 2.05) is 19.1 Å². The molecule has 1 aliphatic rings. The lowest BCUT2D eigenvalue weighted by Gasteiger charge is -2.18. The van der Waals surface area contributed by atoms with E-state index in [0.717, 1.165) is 23.4 Å². The van der Waals surface area contributed by atoms with Gasteiger partial charge < -0.3 is 16.4 Å². The Labute approximate surface area is 112 Å². The van der Waals surface area contributed by atoms with Crippen LogP contribution in [0.3, 0.4) is 0 Å². The maximum atomic E-state index is 11.8. The SMILES string of the molecule is CCC[C@@H](N)C(=O)Nc1ccc2c(c1)CCC(=O)N2. The fraction of sp³-hybridized carbons (Fsp3) is 0.429. The van der Waals surface area contributed by atoms with E-state index in [-0.39, 0.29) is 11.8 Å². The quantitative estimate of drug-likeness (QED) is 0.770. The van der Waals surface area contributed by atoms with Crippen LogP contribution in [0.2, 0.25) is 0 Å². The van der Waals surface area contributed by atoms with Crippen molar-refractivity contribution in [2.75, 3.05) is 10.6 Å². The van der Waals surface area contributed by atoms with Crippen molar-refractivity contribution in [1.82, 2.24) is 0 Å². The van der Waals surface area contributed by atoms with Crippen molar-refractivity contribution in [1.29, 1.82) is 0 Å². The highest BCUT2D eigenvalue weighted by Gasteiger charge is 2.16. The van der Waals surface area contributed by atoms with Crippen LogP contribution in [-0.4, -0.2) is 17.9 Å². The molecule has 0 saturated carbocycles. The van der Waals surface area contributed by atoms with Gasteiger partial charge in [0.05, 0.1) is 6.04 Å². The summed E-state index contributed by atoms with van der Waals surface area (Å²) in [5, 5.41) is 5.62. The van der Waals surface area contributed by atoms with Crippen LogP contribution in [0.4, 0.5) is 11.4 Å². The van der Waals surface area contributed by atoms with Gasteiger partial charge in [0.2, 0.25) is 11.8 Å². The molecule has 0 unspecified atom stereocenters. The Kier molecular flexibility index (Phi) is 4.16. The third kappa shape index (κ3) is 3.32. The van der Waals surface area contributed by atoms with E-state index < -0.39 is 6.04 Å². The van der Waals surface area contributed by atoms with E-state index in [1.165, 1.54) is 0 Å². The fourth-order valence-electron chi connectivity index (χ4n) is 2.14. The second kappa shape index (κ2) is 5.84. The topological polar surface area (TPSA) is 84.2 Å². The Morgan fingerprint density at radius 2 is 2.26 bits per heavy atom. The maximum absolute atomic E-state index is 11.8. The van der Waals surface area contributed by atoms with Gasteiger partial charge in [0, 0.05) is 17.8 Å².